The summed E-state index contributed by atoms with van der Waals surface area (Å²) in [7, 11) is -5.19. The number of aliphatic carboxylic acids is 1. The Kier molecular flexibility index (Phi) is 7.09. The first-order valence-electron chi connectivity index (χ1n) is 7.61. The molecule has 0 radical (unpaired) electrons. The van der Waals surface area contributed by atoms with Crippen LogP contribution in [0.2, 0.25) is 0 Å². The van der Waals surface area contributed by atoms with E-state index in [9.17, 15) is 33.6 Å². The van der Waals surface area contributed by atoms with Crippen molar-refractivity contribution in [3.63, 3.8) is 0 Å². The zero-order valence-electron chi connectivity index (χ0n) is 13.5. The summed E-state index contributed by atoms with van der Waals surface area (Å²) in [4.78, 5) is 11.2. The van der Waals surface area contributed by atoms with Crippen LogP contribution >= 0.6 is 0 Å². The number of carboxylic acid groups (broad SMARTS) is 1. The maximum Gasteiger partial charge on any atom is 0.397 e. The van der Waals surface area contributed by atoms with Crippen LogP contribution in [0, 0.1) is 0 Å². The highest BCUT2D eigenvalue weighted by atomic mass is 32.3. The molecule has 2 rings (SSSR count). The van der Waals surface area contributed by atoms with Gasteiger partial charge in [-0.1, -0.05) is 0 Å². The van der Waals surface area contributed by atoms with Crippen molar-refractivity contribution >= 4 is 16.4 Å². The van der Waals surface area contributed by atoms with E-state index in [1.165, 1.54) is 0 Å². The number of hydrogen-bond acceptors (Lipinski definition) is 12. The molecule has 2 aliphatic heterocycles. The molecular formula is C12H20O14S. The highest BCUT2D eigenvalue weighted by molar-refractivity contribution is 7.80. The summed E-state index contributed by atoms with van der Waals surface area (Å²) >= 11 is 0. The van der Waals surface area contributed by atoms with Crippen LogP contribution in [0.25, 0.3) is 0 Å². The average molecular weight is 420 g/mol. The molecule has 7 N–H and O–H groups in total. The van der Waals surface area contributed by atoms with Gasteiger partial charge in [0.25, 0.3) is 0 Å². The summed E-state index contributed by atoms with van der Waals surface area (Å²) in [6.45, 7) is -1.37. The molecule has 158 valence electrons. The summed E-state index contributed by atoms with van der Waals surface area (Å²) in [6, 6.07) is 0. The molecule has 9 atom stereocenters. The summed E-state index contributed by atoms with van der Waals surface area (Å²) in [5, 5.41) is 57.3. The number of ether oxygens (including phenoxy) is 3. The van der Waals surface area contributed by atoms with Crippen LogP contribution in [0.4, 0.5) is 0 Å². The average Bonchev–Trinajstić information content (AvgIpc) is 2.88. The van der Waals surface area contributed by atoms with E-state index in [-0.39, 0.29) is 0 Å². The Hall–Kier alpha value is -0.980. The molecule has 0 unspecified atom stereocenters. The number of hydrogen-bond donors (Lipinski definition) is 7. The number of aliphatic hydroxyl groups is 5. The van der Waals surface area contributed by atoms with E-state index < -0.39 is 84.7 Å². The van der Waals surface area contributed by atoms with Gasteiger partial charge in [0, 0.05) is 0 Å². The first kappa shape index (κ1) is 22.3. The molecule has 0 aromatic carbocycles. The fourth-order valence-electron chi connectivity index (χ4n) is 2.83. The van der Waals surface area contributed by atoms with Crippen molar-refractivity contribution in [1.82, 2.24) is 0 Å². The van der Waals surface area contributed by atoms with Gasteiger partial charge in [0.1, 0.15) is 36.6 Å². The number of carbonyl (C=O) groups is 1. The Labute approximate surface area is 152 Å². The largest absolute Gasteiger partial charge is 0.479 e. The fourth-order valence-corrected chi connectivity index (χ4v) is 3.31. The first-order chi connectivity index (χ1) is 12.5. The number of carboxylic acids is 1. The fraction of sp³-hybridized carbons (Fsp3) is 0.917. The van der Waals surface area contributed by atoms with E-state index in [1.807, 2.05) is 0 Å². The molecule has 14 nitrogen and oxygen atoms in total. The molecule has 0 bridgehead atoms. The molecule has 15 heteroatoms. The van der Waals surface area contributed by atoms with Crippen LogP contribution in [0.15, 0.2) is 0 Å². The first-order valence-corrected chi connectivity index (χ1v) is 8.97. The molecule has 0 aliphatic carbocycles. The standard InChI is InChI=1S/C12H20O14S/c13-1-3-5(15)8(4(2-14)23-3)24-12-10(26-27(20,21)22)7(17)6(16)9(25-12)11(18)19/h3-10,12-17H,1-2H2,(H,18,19)(H,20,21,22)/t3-,4+,5-,6+,7+,8-,9-,10-,12-/m1/s1. The smallest absolute Gasteiger partial charge is 0.397 e. The topological polar surface area (TPSA) is 230 Å². The molecule has 2 aliphatic rings. The molecule has 0 amide bonds. The predicted octanol–water partition coefficient (Wildman–Crippen LogP) is -4.80. The maximum atomic E-state index is 11.2. The second-order valence-corrected chi connectivity index (χ2v) is 6.95. The van der Waals surface area contributed by atoms with Gasteiger partial charge in [-0.15, -0.1) is 0 Å². The van der Waals surface area contributed by atoms with Gasteiger partial charge in [0.05, 0.1) is 13.2 Å². The molecule has 27 heavy (non-hydrogen) atoms. The minimum Gasteiger partial charge on any atom is -0.479 e. The lowest BCUT2D eigenvalue weighted by atomic mass is 9.98. The van der Waals surface area contributed by atoms with E-state index in [0.29, 0.717) is 0 Å². The molecule has 0 saturated carbocycles. The lowest BCUT2D eigenvalue weighted by Crippen LogP contribution is -2.62. The highest BCUT2D eigenvalue weighted by Gasteiger charge is 2.53. The zero-order valence-corrected chi connectivity index (χ0v) is 14.3. The monoisotopic (exact) mass is 420 g/mol. The normalized spacial score (nSPS) is 43.0. The van der Waals surface area contributed by atoms with Crippen molar-refractivity contribution in [2.24, 2.45) is 0 Å². The van der Waals surface area contributed by atoms with Crippen LogP contribution in [-0.2, 0) is 33.6 Å². The van der Waals surface area contributed by atoms with Crippen molar-refractivity contribution in [2.75, 3.05) is 13.2 Å². The van der Waals surface area contributed by atoms with Crippen molar-refractivity contribution in [2.45, 2.75) is 55.1 Å². The Morgan fingerprint density at radius 1 is 0.926 bits per heavy atom. The summed E-state index contributed by atoms with van der Waals surface area (Å²) in [5.74, 6) is -1.73. The number of aliphatic hydroxyl groups excluding tert-OH is 5. The molecule has 2 heterocycles. The van der Waals surface area contributed by atoms with Gasteiger partial charge in [-0.3, -0.25) is 4.55 Å². The van der Waals surface area contributed by atoms with Crippen molar-refractivity contribution in [3.05, 3.63) is 0 Å². The van der Waals surface area contributed by atoms with Crippen molar-refractivity contribution in [1.29, 1.82) is 0 Å². The second kappa shape index (κ2) is 8.58. The van der Waals surface area contributed by atoms with Crippen LogP contribution in [0.1, 0.15) is 0 Å². The van der Waals surface area contributed by atoms with Gasteiger partial charge in [0.15, 0.2) is 18.5 Å². The van der Waals surface area contributed by atoms with Gasteiger partial charge in [0.2, 0.25) is 0 Å². The third kappa shape index (κ3) is 4.90. The predicted molar refractivity (Wildman–Crippen MR) is 78.4 cm³/mol. The third-order valence-electron chi connectivity index (χ3n) is 4.11. The maximum absolute atomic E-state index is 11.2. The molecule has 2 saturated heterocycles. The number of rotatable bonds is 7. The highest BCUT2D eigenvalue weighted by Crippen LogP contribution is 2.31. The molecule has 0 aromatic rings. The lowest BCUT2D eigenvalue weighted by Gasteiger charge is -2.41. The lowest BCUT2D eigenvalue weighted by molar-refractivity contribution is -0.306. The molecule has 0 spiro atoms. The van der Waals surface area contributed by atoms with Gasteiger partial charge >= 0.3 is 16.4 Å². The summed E-state index contributed by atoms with van der Waals surface area (Å²) in [6.07, 6.45) is -15.9. The van der Waals surface area contributed by atoms with E-state index in [4.69, 9.17) is 29.0 Å². The van der Waals surface area contributed by atoms with Gasteiger partial charge in [-0.25, -0.2) is 8.98 Å². The summed E-state index contributed by atoms with van der Waals surface area (Å²) < 4.78 is 50.3. The van der Waals surface area contributed by atoms with Crippen molar-refractivity contribution < 1.29 is 66.8 Å². The molecule has 0 aromatic heterocycles. The second-order valence-electron chi connectivity index (χ2n) is 5.90. The van der Waals surface area contributed by atoms with Crippen molar-refractivity contribution in [3.8, 4) is 0 Å². The Balaban J connectivity index is 2.29. The van der Waals surface area contributed by atoms with Gasteiger partial charge < -0.3 is 44.8 Å². The van der Waals surface area contributed by atoms with Gasteiger partial charge in [-0.05, 0) is 0 Å². The van der Waals surface area contributed by atoms with E-state index in [1.54, 1.807) is 0 Å². The van der Waals surface area contributed by atoms with Crippen LogP contribution in [0.5, 0.6) is 0 Å². The zero-order chi connectivity index (χ0) is 20.5. The minimum absolute atomic E-state index is 0.660. The van der Waals surface area contributed by atoms with E-state index in [0.717, 1.165) is 0 Å². The Bertz CT molecular complexity index is 622. The Morgan fingerprint density at radius 3 is 2.00 bits per heavy atom. The summed E-state index contributed by atoms with van der Waals surface area (Å²) in [5.41, 5.74) is 0. The quantitative estimate of drug-likeness (QED) is 0.192. The molecular weight excluding hydrogens is 400 g/mol. The van der Waals surface area contributed by atoms with Crippen LogP contribution < -0.4 is 0 Å². The third-order valence-corrected chi connectivity index (χ3v) is 4.57. The molecule has 2 fully saturated rings. The minimum atomic E-state index is -5.19. The van der Waals surface area contributed by atoms with E-state index >= 15 is 0 Å². The van der Waals surface area contributed by atoms with Crippen LogP contribution in [-0.4, -0.2) is 118 Å². The Morgan fingerprint density at radius 2 is 1.52 bits per heavy atom. The van der Waals surface area contributed by atoms with Gasteiger partial charge in [-0.2, -0.15) is 8.42 Å². The van der Waals surface area contributed by atoms with E-state index in [2.05, 4.69) is 4.18 Å². The van der Waals surface area contributed by atoms with Crippen LogP contribution in [0.3, 0.4) is 0 Å². The SMILES string of the molecule is O=C(O)[C@@H]1O[C@@H](O[C@H]2[C@H](O)[C@@H](CO)O[C@H]2CO)[C@H](OS(=O)(=O)O)[C@@H](O)[C@@H]1O.